The van der Waals surface area contributed by atoms with Crippen LogP contribution >= 0.6 is 23.2 Å². The SMILES string of the molecule is Cc1ccc(S(=O)(=O)N2CC(CCl)N(S(=O)(=O)c3ccc(C)cc3)CC2CCl)cc1. The van der Waals surface area contributed by atoms with Crippen LogP contribution < -0.4 is 0 Å². The molecule has 3 rings (SSSR count). The molecule has 0 saturated carbocycles. The number of hydrogen-bond acceptors (Lipinski definition) is 4. The fourth-order valence-corrected chi connectivity index (χ4v) is 7.42. The largest absolute Gasteiger partial charge is 0.243 e. The first kappa shape index (κ1) is 23.5. The summed E-state index contributed by atoms with van der Waals surface area (Å²) in [5.41, 5.74) is 1.88. The second-order valence-corrected chi connectivity index (χ2v) is 11.8. The highest BCUT2D eigenvalue weighted by Gasteiger charge is 2.44. The Kier molecular flexibility index (Phi) is 7.16. The zero-order chi connectivity index (χ0) is 22.1. The van der Waals surface area contributed by atoms with Gasteiger partial charge in [-0.15, -0.1) is 23.2 Å². The van der Waals surface area contributed by atoms with Crippen LogP contribution in [-0.2, 0) is 20.0 Å². The normalized spacial score (nSPS) is 21.6. The molecule has 1 aliphatic heterocycles. The average molecular weight is 491 g/mol. The van der Waals surface area contributed by atoms with Crippen molar-refractivity contribution in [2.45, 2.75) is 35.7 Å². The van der Waals surface area contributed by atoms with Crippen LogP contribution in [-0.4, -0.2) is 62.4 Å². The van der Waals surface area contributed by atoms with E-state index in [4.69, 9.17) is 23.2 Å². The third-order valence-electron chi connectivity index (χ3n) is 5.21. The van der Waals surface area contributed by atoms with Gasteiger partial charge in [-0.2, -0.15) is 8.61 Å². The van der Waals surface area contributed by atoms with Crippen LogP contribution in [0.15, 0.2) is 58.3 Å². The molecule has 10 heteroatoms. The molecule has 0 radical (unpaired) electrons. The van der Waals surface area contributed by atoms with Gasteiger partial charge < -0.3 is 0 Å². The minimum Gasteiger partial charge on any atom is -0.207 e. The molecule has 2 unspecified atom stereocenters. The Balaban J connectivity index is 1.96. The van der Waals surface area contributed by atoms with Crippen molar-refractivity contribution >= 4 is 43.2 Å². The quantitative estimate of drug-likeness (QED) is 0.582. The zero-order valence-electron chi connectivity index (χ0n) is 16.7. The highest BCUT2D eigenvalue weighted by Crippen LogP contribution is 2.29. The van der Waals surface area contributed by atoms with Gasteiger partial charge in [0.1, 0.15) is 0 Å². The van der Waals surface area contributed by atoms with Gasteiger partial charge in [-0.25, -0.2) is 16.8 Å². The van der Waals surface area contributed by atoms with Crippen LogP contribution in [0.2, 0.25) is 0 Å². The smallest absolute Gasteiger partial charge is 0.207 e. The minimum absolute atomic E-state index is 0.0417. The summed E-state index contributed by atoms with van der Waals surface area (Å²) < 4.78 is 55.6. The Labute approximate surface area is 188 Å². The molecule has 1 fully saturated rings. The highest BCUT2D eigenvalue weighted by atomic mass is 35.5. The highest BCUT2D eigenvalue weighted by molar-refractivity contribution is 7.89. The summed E-state index contributed by atoms with van der Waals surface area (Å²) in [7, 11) is -7.71. The van der Waals surface area contributed by atoms with E-state index < -0.39 is 32.1 Å². The Hall–Kier alpha value is -1.16. The molecule has 6 nitrogen and oxygen atoms in total. The lowest BCUT2D eigenvalue weighted by atomic mass is 10.2. The van der Waals surface area contributed by atoms with Crippen LogP contribution in [0.5, 0.6) is 0 Å². The van der Waals surface area contributed by atoms with Gasteiger partial charge in [-0.3, -0.25) is 0 Å². The molecule has 1 heterocycles. The molecular weight excluding hydrogens is 467 g/mol. The van der Waals surface area contributed by atoms with E-state index in [0.29, 0.717) is 0 Å². The number of sulfonamides is 2. The van der Waals surface area contributed by atoms with Crippen molar-refractivity contribution in [2.24, 2.45) is 0 Å². The number of aryl methyl sites for hydroxylation is 2. The van der Waals surface area contributed by atoms with E-state index in [9.17, 15) is 16.8 Å². The van der Waals surface area contributed by atoms with Gasteiger partial charge in [0.05, 0.1) is 21.9 Å². The first-order valence-electron chi connectivity index (χ1n) is 9.40. The number of halogens is 2. The van der Waals surface area contributed by atoms with E-state index in [1.807, 2.05) is 13.8 Å². The van der Waals surface area contributed by atoms with E-state index in [-0.39, 0.29) is 34.6 Å². The summed E-state index contributed by atoms with van der Waals surface area (Å²) in [5, 5.41) is 0. The number of benzene rings is 2. The molecule has 0 N–H and O–H groups in total. The van der Waals surface area contributed by atoms with E-state index in [1.54, 1.807) is 48.5 Å². The van der Waals surface area contributed by atoms with Crippen LogP contribution in [0.1, 0.15) is 11.1 Å². The Morgan fingerprint density at radius 2 is 1.00 bits per heavy atom. The fraction of sp³-hybridized carbons (Fsp3) is 0.400. The summed E-state index contributed by atoms with van der Waals surface area (Å²) in [4.78, 5) is 0.290. The van der Waals surface area contributed by atoms with Gasteiger partial charge in [0.2, 0.25) is 20.0 Å². The van der Waals surface area contributed by atoms with Crippen molar-refractivity contribution in [3.63, 3.8) is 0 Å². The van der Waals surface area contributed by atoms with Gasteiger partial charge in [0.25, 0.3) is 0 Å². The second-order valence-electron chi connectivity index (χ2n) is 7.39. The lowest BCUT2D eigenvalue weighted by Crippen LogP contribution is -2.62. The van der Waals surface area contributed by atoms with E-state index >= 15 is 0 Å². The summed E-state index contributed by atoms with van der Waals surface area (Å²) in [5.74, 6) is -0.0833. The minimum atomic E-state index is -3.85. The maximum absolute atomic E-state index is 13.2. The standard InChI is InChI=1S/C20H24Cl2N2O4S2/c1-15-3-7-19(8-4-15)29(25,26)23-13-18(12-22)24(14-17(23)11-21)30(27,28)20-9-5-16(2)6-10-20/h3-10,17-18H,11-14H2,1-2H3. The molecule has 1 saturated heterocycles. The van der Waals surface area contributed by atoms with E-state index in [0.717, 1.165) is 11.1 Å². The van der Waals surface area contributed by atoms with Gasteiger partial charge >= 0.3 is 0 Å². The number of piperazine rings is 1. The van der Waals surface area contributed by atoms with Crippen molar-refractivity contribution in [3.8, 4) is 0 Å². The lowest BCUT2D eigenvalue weighted by Gasteiger charge is -2.43. The summed E-state index contributed by atoms with van der Waals surface area (Å²) in [6, 6.07) is 11.6. The molecule has 0 spiro atoms. The monoisotopic (exact) mass is 490 g/mol. The molecule has 2 aromatic rings. The van der Waals surface area contributed by atoms with Crippen LogP contribution in [0.4, 0.5) is 0 Å². The van der Waals surface area contributed by atoms with Gasteiger partial charge in [-0.1, -0.05) is 35.4 Å². The Morgan fingerprint density at radius 1 is 0.700 bits per heavy atom. The lowest BCUT2D eigenvalue weighted by molar-refractivity contribution is 0.167. The third-order valence-corrected chi connectivity index (χ3v) is 9.78. The number of alkyl halides is 2. The van der Waals surface area contributed by atoms with Gasteiger partial charge in [0.15, 0.2) is 0 Å². The molecule has 0 aliphatic carbocycles. The molecule has 2 atom stereocenters. The molecule has 2 aromatic carbocycles. The van der Waals surface area contributed by atoms with Crippen LogP contribution in [0.3, 0.4) is 0 Å². The van der Waals surface area contributed by atoms with E-state index in [2.05, 4.69) is 0 Å². The van der Waals surface area contributed by atoms with E-state index in [1.165, 1.54) is 8.61 Å². The summed E-state index contributed by atoms with van der Waals surface area (Å²) >= 11 is 12.2. The Bertz CT molecular complexity index is 999. The predicted molar refractivity (Wildman–Crippen MR) is 119 cm³/mol. The molecule has 0 bridgehead atoms. The predicted octanol–water partition coefficient (Wildman–Crippen LogP) is 3.21. The topological polar surface area (TPSA) is 74.8 Å². The first-order valence-corrected chi connectivity index (χ1v) is 13.3. The number of rotatable bonds is 6. The second kappa shape index (κ2) is 9.14. The molecule has 0 aromatic heterocycles. The zero-order valence-corrected chi connectivity index (χ0v) is 19.8. The van der Waals surface area contributed by atoms with Crippen LogP contribution in [0, 0.1) is 13.8 Å². The maximum atomic E-state index is 13.2. The van der Waals surface area contributed by atoms with Crippen LogP contribution in [0.25, 0.3) is 0 Å². The molecule has 30 heavy (non-hydrogen) atoms. The summed E-state index contributed by atoms with van der Waals surface area (Å²) in [6.07, 6.45) is 0. The third kappa shape index (κ3) is 4.54. The average Bonchev–Trinajstić information content (AvgIpc) is 2.73. The first-order chi connectivity index (χ1) is 14.1. The van der Waals surface area contributed by atoms with Crippen molar-refractivity contribution < 1.29 is 16.8 Å². The van der Waals surface area contributed by atoms with Crippen molar-refractivity contribution in [3.05, 3.63) is 59.7 Å². The van der Waals surface area contributed by atoms with Gasteiger partial charge in [0, 0.05) is 24.8 Å². The summed E-state index contributed by atoms with van der Waals surface area (Å²) in [6.45, 7) is 3.61. The maximum Gasteiger partial charge on any atom is 0.243 e. The molecule has 0 amide bonds. The number of hydrogen-bond donors (Lipinski definition) is 0. The Morgan fingerprint density at radius 3 is 1.27 bits per heavy atom. The molecule has 164 valence electrons. The van der Waals surface area contributed by atoms with Crippen molar-refractivity contribution in [2.75, 3.05) is 24.8 Å². The molecule has 1 aliphatic rings. The van der Waals surface area contributed by atoms with Crippen molar-refractivity contribution in [1.82, 2.24) is 8.61 Å². The fourth-order valence-electron chi connectivity index (χ4n) is 3.43. The van der Waals surface area contributed by atoms with Gasteiger partial charge in [-0.05, 0) is 38.1 Å². The van der Waals surface area contributed by atoms with Crippen molar-refractivity contribution in [1.29, 1.82) is 0 Å². The molecular formula is C20H24Cl2N2O4S2. The number of nitrogens with zero attached hydrogens (tertiary/aromatic N) is 2.